The molecule has 0 rings (SSSR count). The first-order valence-electron chi connectivity index (χ1n) is 0.224. The summed E-state index contributed by atoms with van der Waals surface area (Å²) in [5.74, 6) is 0. The molecule has 1 nitrogen and oxygen atoms in total. The second-order valence-electron chi connectivity index (χ2n) is 0. The van der Waals surface area contributed by atoms with E-state index in [-0.39, 0.29) is 46.3 Å². The summed E-state index contributed by atoms with van der Waals surface area (Å²) in [4.78, 5) is 0. The zero-order chi connectivity index (χ0) is 2.00. The molecule has 0 radical (unpaired) electrons. The van der Waals surface area contributed by atoms with Crippen LogP contribution in [0.1, 0.15) is 0 Å². The van der Waals surface area contributed by atoms with Gasteiger partial charge in [-0.2, -0.15) is 0 Å². The molecule has 0 aliphatic rings. The quantitative estimate of drug-likeness (QED) is 0.241. The first-order chi connectivity index (χ1) is 1.00. The van der Waals surface area contributed by atoms with Gasteiger partial charge in [-0.25, -0.2) is 0 Å². The summed E-state index contributed by atoms with van der Waals surface area (Å²) in [6.45, 7) is 4.75. The van der Waals surface area contributed by atoms with E-state index in [1.165, 1.54) is 0 Å². The molecule has 0 aliphatic carbocycles. The van der Waals surface area contributed by atoms with Crippen LogP contribution in [0.15, 0.2) is 0 Å². The van der Waals surface area contributed by atoms with Crippen LogP contribution in [0.3, 0.4) is 0 Å². The van der Waals surface area contributed by atoms with Gasteiger partial charge in [-0.1, -0.05) is 0 Å². The summed E-state index contributed by atoms with van der Waals surface area (Å²) >= 11 is 0. The van der Waals surface area contributed by atoms with Gasteiger partial charge in [0.05, 0.1) is 0 Å². The van der Waals surface area contributed by atoms with Crippen LogP contribution < -0.4 is 29.6 Å². The summed E-state index contributed by atoms with van der Waals surface area (Å²) in [5.41, 5.74) is 0. The summed E-state index contributed by atoms with van der Waals surface area (Å²) in [6, 6.07) is 0. The molecule has 0 atom stereocenters. The molecule has 0 saturated carbocycles. The molecule has 0 saturated heterocycles. The van der Waals surface area contributed by atoms with Gasteiger partial charge >= 0.3 is 46.3 Å². The van der Waals surface area contributed by atoms with Crippen molar-refractivity contribution in [3.8, 4) is 0 Å². The SMILES string of the molecule is [C-]#N.[Co+3].[Na+]. The maximum atomic E-state index is 6.25. The smallest absolute Gasteiger partial charge is 0.512 e. The molecular weight excluding hydrogens is 108 g/mol. The molecule has 0 N–H and O–H groups in total. The van der Waals surface area contributed by atoms with Crippen LogP contribution in [-0.2, 0) is 16.8 Å². The van der Waals surface area contributed by atoms with E-state index in [1.54, 1.807) is 0 Å². The predicted octanol–water partition coefficient (Wildman–Crippen LogP) is -2.90. The summed E-state index contributed by atoms with van der Waals surface area (Å²) in [7, 11) is 0. The van der Waals surface area contributed by atoms with Crippen molar-refractivity contribution in [1.82, 2.24) is 0 Å². The molecule has 4 heavy (non-hydrogen) atoms. The minimum absolute atomic E-state index is 0. The average Bonchev–Trinajstić information content (AvgIpc) is 1.00. The van der Waals surface area contributed by atoms with Crippen molar-refractivity contribution in [2.75, 3.05) is 0 Å². The van der Waals surface area contributed by atoms with Gasteiger partial charge in [0.2, 0.25) is 0 Å². The molecule has 16 valence electrons. The van der Waals surface area contributed by atoms with Crippen molar-refractivity contribution in [3.63, 3.8) is 0 Å². The van der Waals surface area contributed by atoms with E-state index in [0.29, 0.717) is 0 Å². The molecule has 0 aromatic heterocycles. The molecule has 0 spiro atoms. The molecular formula is CCoNNa+3. The van der Waals surface area contributed by atoms with Crippen LogP contribution in [0, 0.1) is 11.8 Å². The van der Waals surface area contributed by atoms with Crippen LogP contribution in [0.4, 0.5) is 0 Å². The summed E-state index contributed by atoms with van der Waals surface area (Å²) < 4.78 is 0. The molecule has 0 aromatic rings. The van der Waals surface area contributed by atoms with E-state index in [9.17, 15) is 0 Å². The van der Waals surface area contributed by atoms with Gasteiger partial charge in [0.25, 0.3) is 0 Å². The monoisotopic (exact) mass is 108 g/mol. The van der Waals surface area contributed by atoms with Crippen LogP contribution in [-0.4, -0.2) is 0 Å². The fraction of sp³-hybridized carbons (Fsp3) is 0. The number of nitrogens with zero attached hydrogens (tertiary/aromatic N) is 1. The summed E-state index contributed by atoms with van der Waals surface area (Å²) in [5, 5.41) is 6.25. The Bertz CT molecular complexity index is 12.8. The second-order valence-corrected chi connectivity index (χ2v) is 0. The van der Waals surface area contributed by atoms with Crippen LogP contribution in [0.2, 0.25) is 0 Å². The van der Waals surface area contributed by atoms with E-state index < -0.39 is 0 Å². The van der Waals surface area contributed by atoms with Crippen LogP contribution >= 0.6 is 0 Å². The van der Waals surface area contributed by atoms with E-state index >= 15 is 0 Å². The Hall–Kier alpha value is 0.996. The maximum Gasteiger partial charge on any atom is 3.00 e. The molecule has 0 aromatic carbocycles. The van der Waals surface area contributed by atoms with Gasteiger partial charge in [-0.15, -0.1) is 0 Å². The molecule has 0 aliphatic heterocycles. The number of hydrogen-bond donors (Lipinski definition) is 0. The zero-order valence-electron chi connectivity index (χ0n) is 2.28. The van der Waals surface area contributed by atoms with Gasteiger partial charge in [0.15, 0.2) is 0 Å². The molecule has 3 heteroatoms. The first kappa shape index (κ1) is 20.0. The Morgan fingerprint density at radius 2 is 1.25 bits per heavy atom. The maximum absolute atomic E-state index is 6.25. The van der Waals surface area contributed by atoms with E-state index in [0.717, 1.165) is 0 Å². The van der Waals surface area contributed by atoms with Gasteiger partial charge < -0.3 is 11.8 Å². The molecule has 0 heterocycles. The van der Waals surface area contributed by atoms with Crippen molar-refractivity contribution in [1.29, 1.82) is 5.26 Å². The topological polar surface area (TPSA) is 23.8 Å². The Kier molecular flexibility index (Phi) is 181. The summed E-state index contributed by atoms with van der Waals surface area (Å²) in [6.07, 6.45) is 0. The van der Waals surface area contributed by atoms with E-state index in [1.807, 2.05) is 0 Å². The normalized spacial score (nSPS) is 0.500. The zero-order valence-corrected chi connectivity index (χ0v) is 5.32. The van der Waals surface area contributed by atoms with Crippen LogP contribution in [0.5, 0.6) is 0 Å². The number of rotatable bonds is 0. The third kappa shape index (κ3) is 12.0. The van der Waals surface area contributed by atoms with Crippen molar-refractivity contribution in [3.05, 3.63) is 6.57 Å². The average molecular weight is 108 g/mol. The Balaban J connectivity index is -0.00000000500. The van der Waals surface area contributed by atoms with Gasteiger partial charge in [0, 0.05) is 0 Å². The van der Waals surface area contributed by atoms with Crippen molar-refractivity contribution >= 4 is 0 Å². The molecule has 0 amide bonds. The van der Waals surface area contributed by atoms with Gasteiger partial charge in [0.1, 0.15) is 0 Å². The molecule has 0 fully saturated rings. The minimum atomic E-state index is 0. The van der Waals surface area contributed by atoms with Crippen molar-refractivity contribution < 1.29 is 46.3 Å². The third-order valence-electron chi connectivity index (χ3n) is 0. The Labute approximate surface area is 57.9 Å². The minimum Gasteiger partial charge on any atom is -0.512 e. The fourth-order valence-corrected chi connectivity index (χ4v) is 0. The Morgan fingerprint density at radius 3 is 1.25 bits per heavy atom. The van der Waals surface area contributed by atoms with Crippen molar-refractivity contribution in [2.45, 2.75) is 0 Å². The predicted molar refractivity (Wildman–Crippen MR) is 4.97 cm³/mol. The van der Waals surface area contributed by atoms with E-state index in [4.69, 9.17) is 11.8 Å². The molecule has 0 unspecified atom stereocenters. The first-order valence-corrected chi connectivity index (χ1v) is 0.224. The van der Waals surface area contributed by atoms with Gasteiger partial charge in [-0.3, -0.25) is 0 Å². The van der Waals surface area contributed by atoms with Crippen molar-refractivity contribution in [2.24, 2.45) is 0 Å². The number of hydrogen-bond acceptors (Lipinski definition) is 1. The van der Waals surface area contributed by atoms with Gasteiger partial charge in [-0.05, 0) is 0 Å². The van der Waals surface area contributed by atoms with Crippen LogP contribution in [0.25, 0.3) is 0 Å². The Morgan fingerprint density at radius 1 is 1.25 bits per heavy atom. The standard InChI is InChI=1S/CN.Co.Na/c1-2;;/q-1;+3;+1. The fourth-order valence-electron chi connectivity index (χ4n) is 0. The largest absolute Gasteiger partial charge is 3.00 e. The second kappa shape index (κ2) is 36.1. The third-order valence-corrected chi connectivity index (χ3v) is 0. The molecule has 0 bridgehead atoms. The van der Waals surface area contributed by atoms with E-state index in [2.05, 4.69) is 0 Å².